The van der Waals surface area contributed by atoms with Gasteiger partial charge in [-0.2, -0.15) is 0 Å². The van der Waals surface area contributed by atoms with Crippen LogP contribution in [0.4, 0.5) is 17.1 Å². The van der Waals surface area contributed by atoms with Crippen LogP contribution >= 0.6 is 11.8 Å². The Hall–Kier alpha value is -4.37. The summed E-state index contributed by atoms with van der Waals surface area (Å²) in [4.78, 5) is 49.5. The first kappa shape index (κ1) is 25.3. The number of amides is 1. The highest BCUT2D eigenvalue weighted by Gasteiger charge is 2.65. The monoisotopic (exact) mass is 527 g/mol. The maximum Gasteiger partial charge on any atom is 0.345 e. The molecule has 1 amide bonds. The summed E-state index contributed by atoms with van der Waals surface area (Å²) in [5.74, 6) is -1.83. The number of rotatable bonds is 5. The molecule has 9 heteroatoms. The van der Waals surface area contributed by atoms with E-state index in [1.54, 1.807) is 29.2 Å². The predicted molar refractivity (Wildman–Crippen MR) is 148 cm³/mol. The van der Waals surface area contributed by atoms with Crippen molar-refractivity contribution in [2.45, 2.75) is 12.6 Å². The number of anilines is 2. The largest absolute Gasteiger partial charge is 0.465 e. The van der Waals surface area contributed by atoms with Crippen molar-refractivity contribution < 1.29 is 23.9 Å². The van der Waals surface area contributed by atoms with Crippen LogP contribution in [-0.4, -0.2) is 49.3 Å². The highest BCUT2D eigenvalue weighted by molar-refractivity contribution is 8.18. The summed E-state index contributed by atoms with van der Waals surface area (Å²) in [5, 5.41) is 0.354. The molecule has 0 N–H and O–H groups in total. The Morgan fingerprint density at radius 2 is 1.39 bits per heavy atom. The average molecular weight is 528 g/mol. The van der Waals surface area contributed by atoms with Gasteiger partial charge in [-0.25, -0.2) is 14.6 Å². The summed E-state index contributed by atoms with van der Waals surface area (Å²) in [7, 11) is 2.49. The van der Waals surface area contributed by atoms with Gasteiger partial charge in [-0.05, 0) is 43.3 Å². The Balaban J connectivity index is 1.90. The second kappa shape index (κ2) is 10.2. The van der Waals surface area contributed by atoms with Gasteiger partial charge >= 0.3 is 11.9 Å². The van der Waals surface area contributed by atoms with E-state index in [2.05, 4.69) is 0 Å². The van der Waals surface area contributed by atoms with Gasteiger partial charge < -0.3 is 14.4 Å². The number of hydrogen-bond acceptors (Lipinski definition) is 8. The molecule has 2 heterocycles. The number of esters is 2. The summed E-state index contributed by atoms with van der Waals surface area (Å²) in [6, 6.07) is 25.4. The van der Waals surface area contributed by atoms with E-state index in [0.717, 1.165) is 11.8 Å². The Morgan fingerprint density at radius 1 is 0.816 bits per heavy atom. The maximum absolute atomic E-state index is 14.4. The molecule has 38 heavy (non-hydrogen) atoms. The highest BCUT2D eigenvalue weighted by Crippen LogP contribution is 2.57. The number of likely N-dealkylation sites (N-methyl/N-ethyl adjacent to an activating group) is 1. The van der Waals surface area contributed by atoms with Crippen LogP contribution in [-0.2, 0) is 19.1 Å². The first-order valence-electron chi connectivity index (χ1n) is 12.0. The second-order valence-corrected chi connectivity index (χ2v) is 9.45. The fraction of sp³-hybridized carbons (Fsp3) is 0.172. The lowest BCUT2D eigenvalue weighted by molar-refractivity contribution is -0.139. The first-order chi connectivity index (χ1) is 18.5. The zero-order valence-corrected chi connectivity index (χ0v) is 21.9. The van der Waals surface area contributed by atoms with Crippen molar-refractivity contribution in [1.29, 1.82) is 0 Å². The van der Waals surface area contributed by atoms with E-state index in [0.29, 0.717) is 34.2 Å². The topological polar surface area (TPSA) is 88.5 Å². The normalized spacial score (nSPS) is 19.2. The maximum atomic E-state index is 14.4. The van der Waals surface area contributed by atoms with E-state index in [1.165, 1.54) is 14.2 Å². The van der Waals surface area contributed by atoms with Gasteiger partial charge in [-0.15, -0.1) is 0 Å². The summed E-state index contributed by atoms with van der Waals surface area (Å²) < 4.78 is 10.3. The number of fused-ring (bicyclic) bond motifs is 1. The van der Waals surface area contributed by atoms with E-state index in [-0.39, 0.29) is 16.4 Å². The summed E-state index contributed by atoms with van der Waals surface area (Å²) >= 11 is 1.01. The van der Waals surface area contributed by atoms with Gasteiger partial charge in [0.05, 0.1) is 31.3 Å². The molecule has 0 saturated heterocycles. The van der Waals surface area contributed by atoms with E-state index in [9.17, 15) is 14.4 Å². The molecular formula is C29H25N3O5S. The third-order valence-corrected chi connectivity index (χ3v) is 7.63. The van der Waals surface area contributed by atoms with Crippen molar-refractivity contribution >= 4 is 51.7 Å². The molecule has 1 spiro atoms. The number of benzene rings is 3. The highest BCUT2D eigenvalue weighted by atomic mass is 32.2. The van der Waals surface area contributed by atoms with Crippen molar-refractivity contribution in [1.82, 2.24) is 0 Å². The number of aliphatic imine (C=N–C) groups is 1. The van der Waals surface area contributed by atoms with E-state index in [4.69, 9.17) is 14.5 Å². The minimum atomic E-state index is -1.59. The molecular weight excluding hydrogens is 502 g/mol. The molecule has 5 rings (SSSR count). The van der Waals surface area contributed by atoms with Crippen LogP contribution in [0.2, 0.25) is 0 Å². The van der Waals surface area contributed by atoms with Crippen molar-refractivity contribution in [3.05, 3.63) is 101 Å². The van der Waals surface area contributed by atoms with E-state index in [1.807, 2.05) is 72.5 Å². The molecule has 1 atom stereocenters. The summed E-state index contributed by atoms with van der Waals surface area (Å²) in [6.45, 7) is 2.31. The van der Waals surface area contributed by atoms with Gasteiger partial charge in [0, 0.05) is 12.1 Å². The molecule has 1 unspecified atom stereocenters. The van der Waals surface area contributed by atoms with E-state index < -0.39 is 17.6 Å². The fourth-order valence-corrected chi connectivity index (χ4v) is 6.24. The van der Waals surface area contributed by atoms with Crippen molar-refractivity contribution in [2.24, 2.45) is 4.99 Å². The number of nitrogens with zero attached hydrogens (tertiary/aromatic N) is 3. The minimum absolute atomic E-state index is 0.0196. The minimum Gasteiger partial charge on any atom is -0.465 e. The van der Waals surface area contributed by atoms with Crippen molar-refractivity contribution in [2.75, 3.05) is 30.6 Å². The van der Waals surface area contributed by atoms with Gasteiger partial charge in [0.15, 0.2) is 0 Å². The van der Waals surface area contributed by atoms with Gasteiger partial charge in [0.2, 0.25) is 5.66 Å². The van der Waals surface area contributed by atoms with Crippen LogP contribution in [0.5, 0.6) is 0 Å². The van der Waals surface area contributed by atoms with Crippen LogP contribution in [0, 0.1) is 0 Å². The van der Waals surface area contributed by atoms with Gasteiger partial charge in [-0.3, -0.25) is 9.69 Å². The SMILES string of the molecule is CCN1c2ccccc2N(C(=O)c2ccccc2)C12C(=Nc1ccccc1)SC(C(=O)OC)=C2C(=O)OC. The molecule has 3 aromatic carbocycles. The molecule has 0 saturated carbocycles. The zero-order valence-electron chi connectivity index (χ0n) is 21.1. The van der Waals surface area contributed by atoms with Crippen LogP contribution in [0.25, 0.3) is 0 Å². The number of carbonyl (C=O) groups is 3. The Bertz CT molecular complexity index is 1470. The molecule has 2 aliphatic heterocycles. The molecule has 0 fully saturated rings. The van der Waals surface area contributed by atoms with Gasteiger partial charge in [-0.1, -0.05) is 60.3 Å². The molecule has 0 aromatic heterocycles. The van der Waals surface area contributed by atoms with Crippen LogP contribution in [0.15, 0.2) is 100 Å². The fourth-order valence-electron chi connectivity index (χ4n) is 4.95. The van der Waals surface area contributed by atoms with Crippen LogP contribution in [0.1, 0.15) is 17.3 Å². The average Bonchev–Trinajstić information content (AvgIpc) is 3.44. The zero-order chi connectivity index (χ0) is 26.9. The Morgan fingerprint density at radius 3 is 2.00 bits per heavy atom. The van der Waals surface area contributed by atoms with E-state index >= 15 is 0 Å². The Kier molecular flexibility index (Phi) is 6.77. The third-order valence-electron chi connectivity index (χ3n) is 6.49. The Labute approximate surface area is 224 Å². The molecule has 0 radical (unpaired) electrons. The molecule has 8 nitrogen and oxygen atoms in total. The van der Waals surface area contributed by atoms with Gasteiger partial charge in [0.1, 0.15) is 15.5 Å². The number of ether oxygens (including phenoxy) is 2. The van der Waals surface area contributed by atoms with Crippen LogP contribution < -0.4 is 9.80 Å². The molecule has 3 aromatic rings. The number of carbonyl (C=O) groups excluding carboxylic acids is 3. The number of methoxy groups -OCH3 is 2. The number of para-hydroxylation sites is 3. The molecule has 0 bridgehead atoms. The molecule has 2 aliphatic rings. The first-order valence-corrected chi connectivity index (χ1v) is 12.8. The second-order valence-electron chi connectivity index (χ2n) is 8.45. The lowest BCUT2D eigenvalue weighted by Gasteiger charge is -2.42. The lowest BCUT2D eigenvalue weighted by Crippen LogP contribution is -2.64. The number of hydrogen-bond donors (Lipinski definition) is 0. The van der Waals surface area contributed by atoms with Crippen molar-refractivity contribution in [3.63, 3.8) is 0 Å². The van der Waals surface area contributed by atoms with Gasteiger partial charge in [0.25, 0.3) is 5.91 Å². The number of thioether (sulfide) groups is 1. The molecule has 0 aliphatic carbocycles. The quantitative estimate of drug-likeness (QED) is 0.434. The standard InChI is InChI=1S/C29H25N3O5S/c1-4-31-21-17-11-12-18-22(21)32(25(33)19-13-7-5-8-14-19)29(31)23(26(34)36-2)24(27(35)37-3)38-28(29)30-20-15-9-6-10-16-20/h5-18H,4H2,1-3H3. The molecule has 192 valence electrons. The smallest absolute Gasteiger partial charge is 0.345 e. The summed E-state index contributed by atoms with van der Waals surface area (Å²) in [6.07, 6.45) is 0. The van der Waals surface area contributed by atoms with Crippen molar-refractivity contribution in [3.8, 4) is 0 Å². The summed E-state index contributed by atoms with van der Waals surface area (Å²) in [5.41, 5.74) is 0.699. The lowest BCUT2D eigenvalue weighted by atomic mass is 9.95. The third kappa shape index (κ3) is 3.78. The predicted octanol–water partition coefficient (Wildman–Crippen LogP) is 4.95. The van der Waals surface area contributed by atoms with Crippen LogP contribution in [0.3, 0.4) is 0 Å².